The largest absolute Gasteiger partial charge is 1.00 e. The molecule has 6 N–H and O–H groups in total. The number of methoxy groups -OCH3 is 3. The second kappa shape index (κ2) is 31.6. The van der Waals surface area contributed by atoms with Crippen molar-refractivity contribution in [2.75, 3.05) is 21.3 Å². The molecule has 6 aromatic carbocycles. The molecule has 18 nitrogen and oxygen atoms in total. The minimum absolute atomic E-state index is 0. The van der Waals surface area contributed by atoms with Crippen LogP contribution in [0.2, 0.25) is 0 Å². The first kappa shape index (κ1) is 68.7. The second-order valence-electron chi connectivity index (χ2n) is 19.6. The number of fused-ring (bicyclic) bond motifs is 2. The minimum Gasteiger partial charge on any atom is -0.870 e. The molecular weight excluding hydrogens is 1070 g/mol. The normalized spacial score (nSPS) is 12.1. The molecule has 0 unspecified atom stereocenters. The Hall–Kier alpha value is -8.54. The summed E-state index contributed by atoms with van der Waals surface area (Å²) in [7, 11) is 4.17. The number of benzene rings is 6. The number of nitrogens with one attached hydrogen (secondary N) is 2. The van der Waals surface area contributed by atoms with E-state index in [2.05, 4.69) is 20.6 Å². The SMILES string of the molecule is C.COC(=O)C[C@H](NC(=O)[C@H](CC(C)C)n1cnc2ccccc2c1=O)c1cccc(-c2c(F)cccc2OC)c1.COc1cccc(F)c1-c1cccc([C@H](CC(=O)O)NC(=O)[C@H](CC(C)C)n2cnc3ccccc3c2=O)c1.O.[Li+].[OH-]. The van der Waals surface area contributed by atoms with Gasteiger partial charge in [0, 0.05) is 0 Å². The molecule has 2 amide bonds. The Morgan fingerprint density at radius 1 is 0.578 bits per heavy atom. The third kappa shape index (κ3) is 16.8. The number of carboxylic acids is 1. The number of aliphatic carboxylic acids is 1. The number of carboxylic acid groups (broad SMARTS) is 1. The van der Waals surface area contributed by atoms with Crippen LogP contribution in [0, 0.1) is 23.5 Å². The van der Waals surface area contributed by atoms with Gasteiger partial charge in [0.1, 0.15) is 35.2 Å². The summed E-state index contributed by atoms with van der Waals surface area (Å²) in [6, 6.07) is 32.9. The van der Waals surface area contributed by atoms with Crippen LogP contribution in [0.1, 0.15) is 96.1 Å². The number of carbonyl (C=O) groups excluding carboxylic acids is 3. The quantitative estimate of drug-likeness (QED) is 0.0514. The minimum atomic E-state index is -1.13. The van der Waals surface area contributed by atoms with E-state index >= 15 is 0 Å². The maximum absolute atomic E-state index is 14.8. The van der Waals surface area contributed by atoms with Gasteiger partial charge in [0.15, 0.2) is 0 Å². The van der Waals surface area contributed by atoms with E-state index in [1.165, 1.54) is 61.3 Å². The maximum atomic E-state index is 14.8. The molecule has 83 heavy (non-hydrogen) atoms. The number of halogens is 2. The fourth-order valence-electron chi connectivity index (χ4n) is 9.39. The van der Waals surface area contributed by atoms with Crippen LogP contribution < -0.4 is 50.1 Å². The Morgan fingerprint density at radius 2 is 0.964 bits per heavy atom. The van der Waals surface area contributed by atoms with Crippen molar-refractivity contribution in [3.8, 4) is 33.8 Å². The monoisotopic (exact) mass is 1130 g/mol. The molecule has 0 aliphatic heterocycles. The number of amides is 2. The Bertz CT molecular complexity index is 3630. The van der Waals surface area contributed by atoms with E-state index in [1.54, 1.807) is 115 Å². The Balaban J connectivity index is 0.000000415. The summed E-state index contributed by atoms with van der Waals surface area (Å²) < 4.78 is 47.8. The van der Waals surface area contributed by atoms with Gasteiger partial charge in [0.2, 0.25) is 11.8 Å². The standard InChI is InChI=1S/C31H32FN3O5.C30H30FN3O5.CH4.Li.2H2O/c1-19(2)15-26(35-18-33-24-13-6-5-11-22(24)31(35)38)30(37)34-25(17-28(36)40-4)20-9-7-10-21(16-20)29-23(32)12-8-14-27(29)39-3;1-18(2)14-25(34-17-32-23-12-5-4-10-21(23)30(34)38)29(37)33-24(16-27(35)36)19-8-6-9-20(15-19)28-22(31)11-7-13-26(28)39-3;;;;/h5-14,16,18-19,25-26H,15,17H2,1-4H3,(H,34,37);4-13,15,17-18,24-25H,14,16H2,1-3H3,(H,33,37)(H,35,36);1H4;;2*1H2/q;;;+1;;/p-1/t25-,26-;24-,25-;;;;/m00..../s1. The zero-order valence-electron chi connectivity index (χ0n) is 46.8. The summed E-state index contributed by atoms with van der Waals surface area (Å²) in [5.41, 5.74) is 2.90. The zero-order chi connectivity index (χ0) is 56.9. The van der Waals surface area contributed by atoms with Gasteiger partial charge in [-0.1, -0.05) is 108 Å². The molecule has 8 rings (SSSR count). The van der Waals surface area contributed by atoms with Crippen LogP contribution in [0.15, 0.2) is 156 Å². The van der Waals surface area contributed by atoms with Gasteiger partial charge >= 0.3 is 30.8 Å². The molecule has 8 aromatic rings. The van der Waals surface area contributed by atoms with Crippen LogP contribution in [0.3, 0.4) is 0 Å². The molecule has 0 bridgehead atoms. The average molecular weight is 1140 g/mol. The molecular formula is C62H69F2LiN6O12. The third-order valence-corrected chi connectivity index (χ3v) is 13.2. The van der Waals surface area contributed by atoms with Crippen molar-refractivity contribution in [1.82, 2.24) is 29.7 Å². The number of aromatic nitrogens is 4. The molecule has 4 atom stereocenters. The van der Waals surface area contributed by atoms with E-state index in [4.69, 9.17) is 14.2 Å². The molecule has 0 fully saturated rings. The van der Waals surface area contributed by atoms with Crippen molar-refractivity contribution in [3.05, 3.63) is 190 Å². The van der Waals surface area contributed by atoms with Crippen LogP contribution in [-0.2, 0) is 23.9 Å². The first-order chi connectivity index (χ1) is 37.9. The summed E-state index contributed by atoms with van der Waals surface area (Å²) in [5, 5.41) is 16.2. The number of para-hydroxylation sites is 2. The molecule has 0 spiro atoms. The Morgan fingerprint density at radius 3 is 1.34 bits per heavy atom. The topological polar surface area (TPSA) is 272 Å². The van der Waals surface area contributed by atoms with Crippen molar-refractivity contribution >= 4 is 45.6 Å². The van der Waals surface area contributed by atoms with Crippen molar-refractivity contribution in [2.24, 2.45) is 11.8 Å². The van der Waals surface area contributed by atoms with Gasteiger partial charge in [-0.25, -0.2) is 18.7 Å². The molecule has 0 saturated carbocycles. The van der Waals surface area contributed by atoms with E-state index in [-0.39, 0.29) is 77.7 Å². The predicted octanol–water partition coefficient (Wildman–Crippen LogP) is 6.99. The summed E-state index contributed by atoms with van der Waals surface area (Å²) in [5.74, 6) is -2.78. The van der Waals surface area contributed by atoms with Gasteiger partial charge in [-0.3, -0.25) is 37.9 Å². The smallest absolute Gasteiger partial charge is 0.870 e. The van der Waals surface area contributed by atoms with Crippen molar-refractivity contribution in [3.63, 3.8) is 0 Å². The number of carbonyl (C=O) groups is 4. The Kier molecular flexibility index (Phi) is 26.2. The summed E-state index contributed by atoms with van der Waals surface area (Å²) >= 11 is 0. The van der Waals surface area contributed by atoms with Crippen LogP contribution >= 0.6 is 0 Å². The first-order valence-corrected chi connectivity index (χ1v) is 25.6. The van der Waals surface area contributed by atoms with Crippen molar-refractivity contribution in [1.29, 1.82) is 0 Å². The van der Waals surface area contributed by atoms with E-state index in [0.29, 0.717) is 68.4 Å². The van der Waals surface area contributed by atoms with Gasteiger partial charge in [0.25, 0.3) is 11.1 Å². The number of ether oxygens (including phenoxy) is 3. The van der Waals surface area contributed by atoms with Gasteiger partial charge in [-0.2, -0.15) is 0 Å². The molecule has 2 heterocycles. The maximum Gasteiger partial charge on any atom is 1.00 e. The first-order valence-electron chi connectivity index (χ1n) is 25.6. The third-order valence-electron chi connectivity index (χ3n) is 13.2. The molecule has 0 aliphatic rings. The van der Waals surface area contributed by atoms with Crippen LogP contribution in [0.5, 0.6) is 11.5 Å². The molecule has 2 aromatic heterocycles. The van der Waals surface area contributed by atoms with E-state index in [1.807, 2.05) is 27.7 Å². The van der Waals surface area contributed by atoms with Gasteiger partial charge in [-0.15, -0.1) is 0 Å². The number of nitrogens with zero attached hydrogens (tertiary/aromatic N) is 4. The van der Waals surface area contributed by atoms with Gasteiger partial charge < -0.3 is 40.9 Å². The molecule has 434 valence electrons. The van der Waals surface area contributed by atoms with E-state index in [0.717, 1.165) is 0 Å². The van der Waals surface area contributed by atoms with Crippen molar-refractivity contribution in [2.45, 2.75) is 85.0 Å². The molecule has 0 aliphatic carbocycles. The molecule has 0 saturated heterocycles. The number of hydrogen-bond acceptors (Lipinski definition) is 12. The summed E-state index contributed by atoms with van der Waals surface area (Å²) in [6.45, 7) is 7.77. The number of esters is 1. The summed E-state index contributed by atoms with van der Waals surface area (Å²) in [4.78, 5) is 87.0. The zero-order valence-corrected chi connectivity index (χ0v) is 46.8. The van der Waals surface area contributed by atoms with E-state index < -0.39 is 66.0 Å². The predicted molar refractivity (Wildman–Crippen MR) is 309 cm³/mol. The van der Waals surface area contributed by atoms with Crippen LogP contribution in [-0.4, -0.2) is 80.2 Å². The fourth-order valence-corrected chi connectivity index (χ4v) is 9.39. The van der Waals surface area contributed by atoms with Crippen LogP contribution in [0.25, 0.3) is 44.1 Å². The fraction of sp³-hybridized carbons (Fsp3) is 0.290. The van der Waals surface area contributed by atoms with Gasteiger partial charge in [0.05, 0.1) is 91.8 Å². The van der Waals surface area contributed by atoms with E-state index in [9.17, 15) is 42.7 Å². The van der Waals surface area contributed by atoms with Gasteiger partial charge in [-0.05, 0) is 108 Å². The molecule has 0 radical (unpaired) electrons. The average Bonchev–Trinajstić information content (AvgIpc) is 3.54. The summed E-state index contributed by atoms with van der Waals surface area (Å²) in [6.07, 6.45) is 2.86. The number of hydrogen-bond donors (Lipinski definition) is 3. The second-order valence-corrected chi connectivity index (χ2v) is 19.6. The van der Waals surface area contributed by atoms with Crippen LogP contribution in [0.4, 0.5) is 8.78 Å². The Labute approximate surface area is 491 Å². The van der Waals surface area contributed by atoms with Crippen molar-refractivity contribution < 1.29 is 77.1 Å². The number of rotatable bonds is 20. The molecule has 21 heteroatoms.